The van der Waals surface area contributed by atoms with Crippen LogP contribution in [0.1, 0.15) is 265 Å². The van der Waals surface area contributed by atoms with Crippen LogP contribution in [0.25, 0.3) is 0 Å². The number of carbonyl (C=O) groups excluding carboxylic acids is 3. The number of esters is 3. The predicted molar refractivity (Wildman–Crippen MR) is 361 cm³/mol. The SMILES string of the molecule is CC/C=C\C/C=C\C/C=C\C/C=C\C/C=C\CCCCCCCCCCCC(=O)OCC(COC(=O)CCC/C=C\C/C=C\C/C=C\C/C=C\C/C=C\CC)OC(=O)CCCCCCCCC/C=C\C/C=C\C/C=C\C/C=C\C/C=C\CC. The molecule has 1 atom stereocenters. The minimum absolute atomic E-state index is 0.113. The lowest BCUT2D eigenvalue weighted by atomic mass is 10.1. The van der Waals surface area contributed by atoms with Crippen LogP contribution in [0, 0.1) is 0 Å². The molecule has 0 N–H and O–H groups in total. The van der Waals surface area contributed by atoms with Crippen molar-refractivity contribution in [3.05, 3.63) is 182 Å². The molecule has 0 aromatic rings. The average molecular weight is 1140 g/mol. The molecule has 0 rings (SSSR count). The highest BCUT2D eigenvalue weighted by molar-refractivity contribution is 5.71. The predicted octanol–water partition coefficient (Wildman–Crippen LogP) is 23.2. The molecule has 0 aliphatic carbocycles. The molecule has 0 aliphatic rings. The molecule has 6 heteroatoms. The van der Waals surface area contributed by atoms with E-state index in [1.165, 1.54) is 57.8 Å². The molecule has 0 saturated heterocycles. The maximum atomic E-state index is 13.0. The van der Waals surface area contributed by atoms with Gasteiger partial charge in [-0.1, -0.05) is 280 Å². The second-order valence-corrected chi connectivity index (χ2v) is 21.2. The van der Waals surface area contributed by atoms with Crippen LogP contribution in [0.5, 0.6) is 0 Å². The first-order valence-corrected chi connectivity index (χ1v) is 33.3. The number of ether oxygens (including phenoxy) is 3. The van der Waals surface area contributed by atoms with Crippen LogP contribution in [0.3, 0.4) is 0 Å². The molecule has 0 aromatic carbocycles. The summed E-state index contributed by atoms with van der Waals surface area (Å²) in [4.78, 5) is 38.4. The smallest absolute Gasteiger partial charge is 0.306 e. The van der Waals surface area contributed by atoms with E-state index in [0.29, 0.717) is 19.3 Å². The van der Waals surface area contributed by atoms with Gasteiger partial charge in [0.1, 0.15) is 13.2 Å². The van der Waals surface area contributed by atoms with Gasteiger partial charge in [0.25, 0.3) is 0 Å². The van der Waals surface area contributed by atoms with Crippen molar-refractivity contribution < 1.29 is 28.6 Å². The minimum Gasteiger partial charge on any atom is -0.462 e. The fourth-order valence-corrected chi connectivity index (χ4v) is 8.53. The van der Waals surface area contributed by atoms with Gasteiger partial charge >= 0.3 is 17.9 Å². The Balaban J connectivity index is 4.51. The summed E-state index contributed by atoms with van der Waals surface area (Å²) in [6.07, 6.45) is 103. The molecule has 0 aromatic heterocycles. The van der Waals surface area contributed by atoms with E-state index < -0.39 is 6.10 Å². The highest BCUT2D eigenvalue weighted by Crippen LogP contribution is 2.15. The second kappa shape index (κ2) is 69.0. The van der Waals surface area contributed by atoms with Gasteiger partial charge in [-0.15, -0.1) is 0 Å². The zero-order chi connectivity index (χ0) is 59.9. The average Bonchev–Trinajstić information content (AvgIpc) is 3.49. The number of carbonyl (C=O) groups is 3. The molecule has 6 nitrogen and oxygen atoms in total. The zero-order valence-corrected chi connectivity index (χ0v) is 53.1. The topological polar surface area (TPSA) is 78.9 Å². The van der Waals surface area contributed by atoms with E-state index in [2.05, 4.69) is 203 Å². The van der Waals surface area contributed by atoms with Crippen molar-refractivity contribution in [2.24, 2.45) is 0 Å². The van der Waals surface area contributed by atoms with Gasteiger partial charge in [-0.3, -0.25) is 14.4 Å². The molecule has 0 fully saturated rings. The third-order valence-electron chi connectivity index (χ3n) is 13.4. The van der Waals surface area contributed by atoms with E-state index >= 15 is 0 Å². The fraction of sp³-hybridized carbons (Fsp3) is 0.571. The van der Waals surface area contributed by atoms with Crippen molar-refractivity contribution in [1.29, 1.82) is 0 Å². The number of allylic oxidation sites excluding steroid dienone is 30. The standard InChI is InChI=1S/C77H120O6/c1-4-7-10-13-16-19-22-25-28-31-33-35-37-38-40-41-43-46-49-52-55-58-61-64-67-70-76(79)82-73-74(72-81-75(78)69-66-63-60-57-54-51-48-45-30-27-24-21-18-15-12-9-6-3)83-77(80)71-68-65-62-59-56-53-50-47-44-42-39-36-34-32-29-26-23-20-17-14-11-8-5-2/h7-12,16-21,25-30,33-36,38,40,42,44,48,51,57,60,74H,4-6,13-15,22-24,31-32,37,39,41,43,45-47,49-50,52-56,58-59,61-73H2,1-3H3/b10-7-,11-8-,12-9-,19-16-,20-17-,21-18-,28-25-,29-26-,30-27-,35-33-,36-34-,40-38-,44-42-,51-48-,60-57-. The van der Waals surface area contributed by atoms with Crippen LogP contribution < -0.4 is 0 Å². The molecule has 0 bridgehead atoms. The normalized spacial score (nSPS) is 13.3. The van der Waals surface area contributed by atoms with Crippen LogP contribution >= 0.6 is 0 Å². The van der Waals surface area contributed by atoms with Crippen LogP contribution in [0.15, 0.2) is 182 Å². The van der Waals surface area contributed by atoms with Crippen LogP contribution in [-0.2, 0) is 28.6 Å². The van der Waals surface area contributed by atoms with Gasteiger partial charge in [-0.05, 0) is 148 Å². The Labute approximate surface area is 510 Å². The van der Waals surface area contributed by atoms with E-state index in [4.69, 9.17) is 14.2 Å². The van der Waals surface area contributed by atoms with Crippen molar-refractivity contribution in [3.63, 3.8) is 0 Å². The Morgan fingerprint density at radius 2 is 0.446 bits per heavy atom. The summed E-state index contributed by atoms with van der Waals surface area (Å²) in [5.74, 6) is -0.994. The fourth-order valence-electron chi connectivity index (χ4n) is 8.53. The Kier molecular flexibility index (Phi) is 64.4. The maximum Gasteiger partial charge on any atom is 0.306 e. The Morgan fingerprint density at radius 3 is 0.723 bits per heavy atom. The van der Waals surface area contributed by atoms with Crippen LogP contribution in [-0.4, -0.2) is 37.2 Å². The largest absolute Gasteiger partial charge is 0.462 e. The number of unbranched alkanes of at least 4 members (excludes halogenated alkanes) is 17. The van der Waals surface area contributed by atoms with E-state index in [1.807, 2.05) is 0 Å². The van der Waals surface area contributed by atoms with Gasteiger partial charge in [-0.25, -0.2) is 0 Å². The number of hydrogen-bond acceptors (Lipinski definition) is 6. The highest BCUT2D eigenvalue weighted by Gasteiger charge is 2.19. The first kappa shape index (κ1) is 77.5. The van der Waals surface area contributed by atoms with Crippen LogP contribution in [0.2, 0.25) is 0 Å². The molecule has 0 saturated carbocycles. The molecule has 0 heterocycles. The van der Waals surface area contributed by atoms with Gasteiger partial charge in [0.15, 0.2) is 6.10 Å². The summed E-state index contributed by atoms with van der Waals surface area (Å²) < 4.78 is 16.9. The van der Waals surface area contributed by atoms with Gasteiger partial charge in [0.2, 0.25) is 0 Å². The van der Waals surface area contributed by atoms with Crippen molar-refractivity contribution in [1.82, 2.24) is 0 Å². The zero-order valence-electron chi connectivity index (χ0n) is 53.1. The van der Waals surface area contributed by atoms with Crippen molar-refractivity contribution in [2.75, 3.05) is 13.2 Å². The molecular weight excluding hydrogens is 1020 g/mol. The maximum absolute atomic E-state index is 13.0. The summed E-state index contributed by atoms with van der Waals surface area (Å²) in [5, 5.41) is 0. The highest BCUT2D eigenvalue weighted by atomic mass is 16.6. The summed E-state index contributed by atoms with van der Waals surface area (Å²) >= 11 is 0. The Hall–Kier alpha value is -5.49. The summed E-state index contributed by atoms with van der Waals surface area (Å²) in [6, 6.07) is 0. The van der Waals surface area contributed by atoms with Gasteiger partial charge < -0.3 is 14.2 Å². The third kappa shape index (κ3) is 67.2. The first-order valence-electron chi connectivity index (χ1n) is 33.3. The molecule has 1 unspecified atom stereocenters. The molecule has 0 aliphatic heterocycles. The molecule has 464 valence electrons. The molecular formula is C77H120O6. The first-order chi connectivity index (χ1) is 41.0. The van der Waals surface area contributed by atoms with Crippen molar-refractivity contribution >= 4 is 17.9 Å². The lowest BCUT2D eigenvalue weighted by Crippen LogP contribution is -2.30. The van der Waals surface area contributed by atoms with E-state index in [1.54, 1.807) is 0 Å². The Morgan fingerprint density at radius 1 is 0.241 bits per heavy atom. The number of hydrogen-bond donors (Lipinski definition) is 0. The van der Waals surface area contributed by atoms with Gasteiger partial charge in [0.05, 0.1) is 0 Å². The van der Waals surface area contributed by atoms with Crippen LogP contribution in [0.4, 0.5) is 0 Å². The molecule has 0 amide bonds. The lowest BCUT2D eigenvalue weighted by molar-refractivity contribution is -0.167. The molecule has 0 spiro atoms. The monoisotopic (exact) mass is 1140 g/mol. The van der Waals surface area contributed by atoms with Gasteiger partial charge in [-0.2, -0.15) is 0 Å². The molecule has 83 heavy (non-hydrogen) atoms. The van der Waals surface area contributed by atoms with Crippen molar-refractivity contribution in [3.8, 4) is 0 Å². The van der Waals surface area contributed by atoms with Gasteiger partial charge in [0, 0.05) is 19.3 Å². The van der Waals surface area contributed by atoms with E-state index in [9.17, 15) is 14.4 Å². The van der Waals surface area contributed by atoms with E-state index in [0.717, 1.165) is 161 Å². The summed E-state index contributed by atoms with van der Waals surface area (Å²) in [6.45, 7) is 6.23. The summed E-state index contributed by atoms with van der Waals surface area (Å²) in [5.41, 5.74) is 0. The molecule has 0 radical (unpaired) electrons. The lowest BCUT2D eigenvalue weighted by Gasteiger charge is -2.18. The van der Waals surface area contributed by atoms with Crippen molar-refractivity contribution in [2.45, 2.75) is 271 Å². The number of rotatable bonds is 58. The third-order valence-corrected chi connectivity index (χ3v) is 13.4. The second-order valence-electron chi connectivity index (χ2n) is 21.2. The Bertz CT molecular complexity index is 1940. The van der Waals surface area contributed by atoms with E-state index in [-0.39, 0.29) is 37.5 Å². The summed E-state index contributed by atoms with van der Waals surface area (Å²) in [7, 11) is 0. The quantitative estimate of drug-likeness (QED) is 0.0261. The minimum atomic E-state index is -0.823.